The number of benzene rings is 2. The second-order valence-corrected chi connectivity index (χ2v) is 6.29. The van der Waals surface area contributed by atoms with Gasteiger partial charge in [-0.05, 0) is 36.8 Å². The van der Waals surface area contributed by atoms with Crippen LogP contribution in [0.25, 0.3) is 0 Å². The third kappa shape index (κ3) is 2.86. The molecule has 0 aliphatic rings. The summed E-state index contributed by atoms with van der Waals surface area (Å²) >= 11 is 5.82. The highest BCUT2D eigenvalue weighted by molar-refractivity contribution is 7.92. The molecule has 0 aromatic heterocycles. The molecule has 2 aromatic rings. The molecule has 0 bridgehead atoms. The lowest BCUT2D eigenvalue weighted by molar-refractivity contribution is 0.598. The summed E-state index contributed by atoms with van der Waals surface area (Å²) in [6.07, 6.45) is 0. The van der Waals surface area contributed by atoms with Gasteiger partial charge in [-0.1, -0.05) is 23.7 Å². The van der Waals surface area contributed by atoms with Gasteiger partial charge >= 0.3 is 0 Å². The summed E-state index contributed by atoms with van der Waals surface area (Å²) < 4.78 is 40.3. The van der Waals surface area contributed by atoms with Crippen molar-refractivity contribution >= 4 is 33.0 Å². The minimum Gasteiger partial charge on any atom is -0.398 e. The molecule has 0 aliphatic heterocycles. The van der Waals surface area contributed by atoms with E-state index in [0.29, 0.717) is 5.56 Å². The number of para-hydroxylation sites is 1. The van der Waals surface area contributed by atoms with Gasteiger partial charge in [0.1, 0.15) is 5.82 Å². The van der Waals surface area contributed by atoms with Crippen molar-refractivity contribution in [3.8, 4) is 0 Å². The normalized spacial score (nSPS) is 11.3. The summed E-state index contributed by atoms with van der Waals surface area (Å²) in [5, 5.41) is 0.196. The summed E-state index contributed by atoms with van der Waals surface area (Å²) in [4.78, 5) is -0.0780. The minimum atomic E-state index is -3.97. The predicted octanol–water partition coefficient (Wildman–Crippen LogP) is 3.17. The SMILES string of the molecule is Cc1c(N)cc(Cl)cc1S(=O)(=O)Nc1ccccc1F. The van der Waals surface area contributed by atoms with Crippen molar-refractivity contribution in [3.05, 3.63) is 52.8 Å². The van der Waals surface area contributed by atoms with Gasteiger partial charge in [0.2, 0.25) is 0 Å². The first-order chi connectivity index (χ1) is 9.31. The number of halogens is 2. The van der Waals surface area contributed by atoms with E-state index in [0.717, 1.165) is 6.07 Å². The maximum Gasteiger partial charge on any atom is 0.262 e. The first-order valence-corrected chi connectivity index (χ1v) is 7.50. The zero-order valence-corrected chi connectivity index (χ0v) is 12.1. The van der Waals surface area contributed by atoms with Crippen LogP contribution in [0.3, 0.4) is 0 Å². The second kappa shape index (κ2) is 5.30. The highest BCUT2D eigenvalue weighted by Crippen LogP contribution is 2.28. The van der Waals surface area contributed by atoms with Gasteiger partial charge in [0.25, 0.3) is 10.0 Å². The lowest BCUT2D eigenvalue weighted by Crippen LogP contribution is -2.16. The fraction of sp³-hybridized carbons (Fsp3) is 0.0769. The van der Waals surface area contributed by atoms with Gasteiger partial charge in [-0.25, -0.2) is 12.8 Å². The van der Waals surface area contributed by atoms with Crippen molar-refractivity contribution in [3.63, 3.8) is 0 Å². The highest BCUT2D eigenvalue weighted by atomic mass is 35.5. The molecule has 3 N–H and O–H groups in total. The largest absolute Gasteiger partial charge is 0.398 e. The van der Waals surface area contributed by atoms with Crippen LogP contribution in [0.1, 0.15) is 5.56 Å². The smallest absolute Gasteiger partial charge is 0.262 e. The Bertz CT molecular complexity index is 763. The molecule has 0 saturated carbocycles. The van der Waals surface area contributed by atoms with Crippen LogP contribution >= 0.6 is 11.6 Å². The van der Waals surface area contributed by atoms with E-state index in [4.69, 9.17) is 17.3 Å². The van der Waals surface area contributed by atoms with Gasteiger partial charge in [-0.15, -0.1) is 0 Å². The zero-order valence-electron chi connectivity index (χ0n) is 10.5. The Morgan fingerprint density at radius 1 is 1.25 bits per heavy atom. The topological polar surface area (TPSA) is 72.2 Å². The van der Waals surface area contributed by atoms with Gasteiger partial charge in [-0.2, -0.15) is 0 Å². The van der Waals surface area contributed by atoms with Crippen LogP contribution in [0.5, 0.6) is 0 Å². The Labute approximate surface area is 121 Å². The number of rotatable bonds is 3. The molecule has 2 rings (SSSR count). The van der Waals surface area contributed by atoms with E-state index in [1.54, 1.807) is 6.92 Å². The van der Waals surface area contributed by atoms with Gasteiger partial charge < -0.3 is 5.73 Å². The number of anilines is 2. The maximum absolute atomic E-state index is 13.5. The van der Waals surface area contributed by atoms with Crippen LogP contribution in [0, 0.1) is 12.7 Å². The van der Waals surface area contributed by atoms with Crippen molar-refractivity contribution in [2.24, 2.45) is 0 Å². The summed E-state index contributed by atoms with van der Waals surface area (Å²) in [6.45, 7) is 1.56. The van der Waals surface area contributed by atoms with E-state index in [2.05, 4.69) is 4.72 Å². The fourth-order valence-electron chi connectivity index (χ4n) is 1.70. The van der Waals surface area contributed by atoms with E-state index >= 15 is 0 Å². The summed E-state index contributed by atoms with van der Waals surface area (Å²) in [7, 11) is -3.97. The molecule has 0 aliphatic carbocycles. The van der Waals surface area contributed by atoms with Crippen molar-refractivity contribution in [1.29, 1.82) is 0 Å². The van der Waals surface area contributed by atoms with Crippen molar-refractivity contribution < 1.29 is 12.8 Å². The van der Waals surface area contributed by atoms with Crippen molar-refractivity contribution in [1.82, 2.24) is 0 Å². The Kier molecular flexibility index (Phi) is 3.87. The van der Waals surface area contributed by atoms with Crippen LogP contribution in [0.15, 0.2) is 41.3 Å². The number of nitrogens with two attached hydrogens (primary N) is 1. The van der Waals surface area contributed by atoms with Crippen LogP contribution in [-0.2, 0) is 10.0 Å². The molecule has 7 heteroatoms. The molecule has 0 spiro atoms. The van der Waals surface area contributed by atoms with Crippen LogP contribution in [-0.4, -0.2) is 8.42 Å². The lowest BCUT2D eigenvalue weighted by atomic mass is 10.2. The molecular weight excluding hydrogens is 303 g/mol. The molecule has 2 aromatic carbocycles. The molecule has 20 heavy (non-hydrogen) atoms. The Balaban J connectivity index is 2.49. The van der Waals surface area contributed by atoms with E-state index in [9.17, 15) is 12.8 Å². The molecule has 0 fully saturated rings. The first-order valence-electron chi connectivity index (χ1n) is 5.64. The van der Waals surface area contributed by atoms with E-state index in [1.807, 2.05) is 0 Å². The number of sulfonamides is 1. The zero-order chi connectivity index (χ0) is 14.9. The van der Waals surface area contributed by atoms with Crippen LogP contribution in [0.4, 0.5) is 15.8 Å². The number of hydrogen-bond donors (Lipinski definition) is 2. The highest BCUT2D eigenvalue weighted by Gasteiger charge is 2.20. The molecule has 106 valence electrons. The first kappa shape index (κ1) is 14.6. The van der Waals surface area contributed by atoms with Crippen molar-refractivity contribution in [2.45, 2.75) is 11.8 Å². The molecule has 0 saturated heterocycles. The molecular formula is C13H12ClFN2O2S. The predicted molar refractivity (Wildman–Crippen MR) is 77.8 cm³/mol. The maximum atomic E-state index is 13.5. The molecule has 0 radical (unpaired) electrons. The Morgan fingerprint density at radius 2 is 1.90 bits per heavy atom. The van der Waals surface area contributed by atoms with Crippen LogP contribution in [0.2, 0.25) is 5.02 Å². The molecule has 0 atom stereocenters. The number of hydrogen-bond acceptors (Lipinski definition) is 3. The Hall–Kier alpha value is -1.79. The summed E-state index contributed by atoms with van der Waals surface area (Å²) in [6, 6.07) is 8.22. The van der Waals surface area contributed by atoms with Gasteiger partial charge in [-0.3, -0.25) is 4.72 Å². The summed E-state index contributed by atoms with van der Waals surface area (Å²) in [5.41, 5.74) is 6.17. The molecule has 0 unspecified atom stereocenters. The lowest BCUT2D eigenvalue weighted by Gasteiger charge is -2.12. The average Bonchev–Trinajstić information content (AvgIpc) is 2.36. The summed E-state index contributed by atoms with van der Waals surface area (Å²) in [5.74, 6) is -0.663. The van der Waals surface area contributed by atoms with E-state index in [1.165, 1.54) is 30.3 Å². The standard InChI is InChI=1S/C13H12ClFN2O2S/c1-8-11(16)6-9(14)7-13(8)20(18,19)17-12-5-3-2-4-10(12)15/h2-7,17H,16H2,1H3. The van der Waals surface area contributed by atoms with Crippen molar-refractivity contribution in [2.75, 3.05) is 10.5 Å². The van der Waals surface area contributed by atoms with Crippen LogP contribution < -0.4 is 10.5 Å². The third-order valence-electron chi connectivity index (χ3n) is 2.77. The average molecular weight is 315 g/mol. The molecule has 0 heterocycles. The second-order valence-electron chi connectivity index (χ2n) is 4.20. The number of nitrogen functional groups attached to an aromatic ring is 1. The van der Waals surface area contributed by atoms with Gasteiger partial charge in [0.05, 0.1) is 10.6 Å². The third-order valence-corrected chi connectivity index (χ3v) is 4.48. The Morgan fingerprint density at radius 3 is 2.55 bits per heavy atom. The quantitative estimate of drug-likeness (QED) is 0.855. The molecule has 0 amide bonds. The number of nitrogens with one attached hydrogen (secondary N) is 1. The van der Waals surface area contributed by atoms with Gasteiger partial charge in [0.15, 0.2) is 0 Å². The fourth-order valence-corrected chi connectivity index (χ4v) is 3.36. The monoisotopic (exact) mass is 314 g/mol. The minimum absolute atomic E-state index is 0.0780. The molecule has 4 nitrogen and oxygen atoms in total. The van der Waals surface area contributed by atoms with E-state index in [-0.39, 0.29) is 21.3 Å². The van der Waals surface area contributed by atoms with E-state index < -0.39 is 15.8 Å². The van der Waals surface area contributed by atoms with Gasteiger partial charge in [0, 0.05) is 10.7 Å².